The number of aromatic hydroxyl groups is 2. The van der Waals surface area contributed by atoms with Gasteiger partial charge in [0.05, 0.1) is 33.1 Å². The normalized spacial score (nSPS) is 12.0. The van der Waals surface area contributed by atoms with Gasteiger partial charge in [-0.15, -0.1) is 0 Å². The van der Waals surface area contributed by atoms with Crippen LogP contribution in [0, 0.1) is 0 Å². The van der Waals surface area contributed by atoms with E-state index >= 15 is 0 Å². The Hall–Kier alpha value is -1.94. The summed E-state index contributed by atoms with van der Waals surface area (Å²) in [6.45, 7) is 1.70. The standard InChI is InChI=1S/C18H15Br2N3O4/c1-27-5-4-21-7-11-8-2-3-9(19)13-15(8)23(22-11)16-12(24)6-10(20)17(25)14(16)18(13)26/h2-3,6,21,24-25H,4-5,7H2,1H3. The summed E-state index contributed by atoms with van der Waals surface area (Å²) in [7, 11) is 1.63. The first-order chi connectivity index (χ1) is 13.0. The van der Waals surface area contributed by atoms with E-state index in [2.05, 4.69) is 42.3 Å². The van der Waals surface area contributed by atoms with Gasteiger partial charge in [-0.3, -0.25) is 4.79 Å². The minimum absolute atomic E-state index is 0.0181. The predicted octanol–water partition coefficient (Wildman–Crippen LogP) is 3.11. The summed E-state index contributed by atoms with van der Waals surface area (Å²) in [6, 6.07) is 5.03. The average molecular weight is 497 g/mol. The van der Waals surface area contributed by atoms with Gasteiger partial charge in [0.2, 0.25) is 5.43 Å². The number of hydrogen-bond donors (Lipinski definition) is 3. The van der Waals surface area contributed by atoms with E-state index in [9.17, 15) is 15.0 Å². The highest BCUT2D eigenvalue weighted by Gasteiger charge is 2.23. The largest absolute Gasteiger partial charge is 0.506 e. The number of phenols is 2. The molecule has 0 spiro atoms. The van der Waals surface area contributed by atoms with E-state index < -0.39 is 0 Å². The predicted molar refractivity (Wildman–Crippen MR) is 110 cm³/mol. The summed E-state index contributed by atoms with van der Waals surface area (Å²) in [6.07, 6.45) is 0. The molecule has 3 N–H and O–H groups in total. The van der Waals surface area contributed by atoms with Crippen molar-refractivity contribution in [1.82, 2.24) is 14.9 Å². The van der Waals surface area contributed by atoms with Crippen molar-refractivity contribution in [3.05, 3.63) is 43.1 Å². The van der Waals surface area contributed by atoms with Gasteiger partial charge in [-0.2, -0.15) is 5.10 Å². The van der Waals surface area contributed by atoms with Crippen molar-refractivity contribution >= 4 is 59.1 Å². The fourth-order valence-electron chi connectivity index (χ4n) is 3.30. The lowest BCUT2D eigenvalue weighted by molar-refractivity contribution is 0.199. The Balaban J connectivity index is 2.10. The minimum atomic E-state index is -0.372. The lowest BCUT2D eigenvalue weighted by Crippen LogP contribution is -2.18. The molecule has 0 aliphatic rings. The van der Waals surface area contributed by atoms with Crippen LogP contribution in [0.15, 0.2) is 31.9 Å². The molecule has 140 valence electrons. The quantitative estimate of drug-likeness (QED) is 0.223. The number of nitrogens with one attached hydrogen (secondary N) is 1. The first-order valence-electron chi connectivity index (χ1n) is 8.15. The van der Waals surface area contributed by atoms with Crippen LogP contribution in [0.25, 0.3) is 27.2 Å². The van der Waals surface area contributed by atoms with Crippen molar-refractivity contribution in [3.63, 3.8) is 0 Å². The molecule has 2 aromatic heterocycles. The van der Waals surface area contributed by atoms with Gasteiger partial charge >= 0.3 is 0 Å². The number of benzene rings is 2. The minimum Gasteiger partial charge on any atom is -0.506 e. The molecule has 2 heterocycles. The van der Waals surface area contributed by atoms with Crippen molar-refractivity contribution in [2.75, 3.05) is 20.3 Å². The smallest absolute Gasteiger partial charge is 0.202 e. The number of methoxy groups -OCH3 is 1. The molecule has 4 rings (SSSR count). The molecular weight excluding hydrogens is 482 g/mol. The third kappa shape index (κ3) is 2.77. The molecule has 0 bridgehead atoms. The number of pyridine rings is 1. The first-order valence-corrected chi connectivity index (χ1v) is 9.73. The van der Waals surface area contributed by atoms with Crippen LogP contribution in [-0.4, -0.2) is 40.1 Å². The number of hydrogen-bond acceptors (Lipinski definition) is 6. The van der Waals surface area contributed by atoms with Gasteiger partial charge in [-0.25, -0.2) is 4.52 Å². The monoisotopic (exact) mass is 495 g/mol. The molecule has 0 saturated carbocycles. The highest BCUT2D eigenvalue weighted by atomic mass is 79.9. The molecule has 0 aliphatic heterocycles. The van der Waals surface area contributed by atoms with E-state index in [1.54, 1.807) is 13.2 Å². The number of halogens is 2. The zero-order chi connectivity index (χ0) is 19.3. The van der Waals surface area contributed by atoms with Crippen LogP contribution >= 0.6 is 31.9 Å². The van der Waals surface area contributed by atoms with Gasteiger partial charge in [0, 0.05) is 36.1 Å². The Morgan fingerprint density at radius 1 is 1.19 bits per heavy atom. The van der Waals surface area contributed by atoms with Crippen molar-refractivity contribution in [2.45, 2.75) is 6.54 Å². The summed E-state index contributed by atoms with van der Waals surface area (Å²) in [5, 5.41) is 30.0. The maximum absolute atomic E-state index is 13.2. The Labute approximate surface area is 170 Å². The average Bonchev–Trinajstić information content (AvgIpc) is 2.99. The van der Waals surface area contributed by atoms with Crippen molar-refractivity contribution in [2.24, 2.45) is 0 Å². The van der Waals surface area contributed by atoms with E-state index in [1.165, 1.54) is 10.6 Å². The first kappa shape index (κ1) is 18.4. The summed E-state index contributed by atoms with van der Waals surface area (Å²) < 4.78 is 7.41. The van der Waals surface area contributed by atoms with Gasteiger partial charge in [0.15, 0.2) is 0 Å². The Bertz CT molecular complexity index is 1240. The molecule has 0 radical (unpaired) electrons. The molecule has 0 amide bonds. The van der Waals surface area contributed by atoms with E-state index in [4.69, 9.17) is 4.74 Å². The van der Waals surface area contributed by atoms with Crippen LogP contribution in [0.2, 0.25) is 0 Å². The van der Waals surface area contributed by atoms with Crippen LogP contribution in [0.1, 0.15) is 5.69 Å². The fraction of sp³-hybridized carbons (Fsp3) is 0.222. The van der Waals surface area contributed by atoms with Gasteiger partial charge in [0.25, 0.3) is 0 Å². The number of ether oxygens (including phenoxy) is 1. The third-order valence-corrected chi connectivity index (χ3v) is 5.78. The van der Waals surface area contributed by atoms with Crippen LogP contribution in [0.3, 0.4) is 0 Å². The molecule has 7 nitrogen and oxygen atoms in total. The van der Waals surface area contributed by atoms with Crippen molar-refractivity contribution in [1.29, 1.82) is 0 Å². The summed E-state index contributed by atoms with van der Waals surface area (Å²) >= 11 is 6.61. The number of phenolic OH excluding ortho intramolecular Hbond substituents is 2. The molecular formula is C18H15Br2N3O4. The number of aromatic nitrogens is 2. The second-order valence-electron chi connectivity index (χ2n) is 6.13. The van der Waals surface area contributed by atoms with Crippen molar-refractivity contribution in [3.8, 4) is 11.5 Å². The molecule has 0 aliphatic carbocycles. The Kier molecular flexibility index (Phi) is 4.71. The van der Waals surface area contributed by atoms with E-state index in [0.29, 0.717) is 35.1 Å². The highest BCUT2D eigenvalue weighted by molar-refractivity contribution is 9.11. The third-order valence-electron chi connectivity index (χ3n) is 4.52. The second kappa shape index (κ2) is 6.90. The molecule has 0 fully saturated rings. The van der Waals surface area contributed by atoms with E-state index in [1.807, 2.05) is 6.07 Å². The molecule has 2 aromatic carbocycles. The van der Waals surface area contributed by atoms with Crippen LogP contribution in [0.5, 0.6) is 11.5 Å². The Morgan fingerprint density at radius 3 is 2.70 bits per heavy atom. The molecule has 0 unspecified atom stereocenters. The molecule has 27 heavy (non-hydrogen) atoms. The lowest BCUT2D eigenvalue weighted by Gasteiger charge is -2.10. The topological polar surface area (TPSA) is 96.1 Å². The van der Waals surface area contributed by atoms with Crippen LogP contribution in [0.4, 0.5) is 0 Å². The maximum atomic E-state index is 13.2. The number of fused-ring (bicyclic) bond motifs is 2. The van der Waals surface area contributed by atoms with Gasteiger partial charge in [0.1, 0.15) is 17.0 Å². The number of nitrogens with zero attached hydrogens (tertiary/aromatic N) is 2. The maximum Gasteiger partial charge on any atom is 0.202 e. The zero-order valence-corrected chi connectivity index (χ0v) is 17.4. The number of rotatable bonds is 5. The molecule has 0 saturated heterocycles. The zero-order valence-electron chi connectivity index (χ0n) is 14.2. The summed E-state index contributed by atoms with van der Waals surface area (Å²) in [4.78, 5) is 13.2. The fourth-order valence-corrected chi connectivity index (χ4v) is 4.22. The van der Waals surface area contributed by atoms with Crippen LogP contribution in [-0.2, 0) is 11.3 Å². The van der Waals surface area contributed by atoms with E-state index in [-0.39, 0.29) is 32.3 Å². The summed E-state index contributed by atoms with van der Waals surface area (Å²) in [5.41, 5.74) is 1.14. The molecule has 4 aromatic rings. The van der Waals surface area contributed by atoms with E-state index in [0.717, 1.165) is 11.1 Å². The van der Waals surface area contributed by atoms with Gasteiger partial charge in [-0.05, 0) is 44.0 Å². The Morgan fingerprint density at radius 2 is 1.96 bits per heavy atom. The lowest BCUT2D eigenvalue weighted by atomic mass is 10.1. The van der Waals surface area contributed by atoms with Gasteiger partial charge in [-0.1, -0.05) is 0 Å². The van der Waals surface area contributed by atoms with Gasteiger partial charge < -0.3 is 20.3 Å². The summed E-state index contributed by atoms with van der Waals surface area (Å²) in [5.74, 6) is -0.366. The SMILES string of the molecule is COCCNCc1nn2c3c(O)cc(Br)c(O)c3c(=O)c3c(Br)ccc1c32. The van der Waals surface area contributed by atoms with Crippen molar-refractivity contribution < 1.29 is 14.9 Å². The molecule has 0 atom stereocenters. The highest BCUT2D eigenvalue weighted by Crippen LogP contribution is 2.40. The second-order valence-corrected chi connectivity index (χ2v) is 7.83. The molecule has 9 heteroatoms. The van der Waals surface area contributed by atoms with Crippen LogP contribution < -0.4 is 10.7 Å².